The summed E-state index contributed by atoms with van der Waals surface area (Å²) in [5.41, 5.74) is 3.82. The monoisotopic (exact) mass is 497 g/mol. The number of benzene rings is 4. The van der Waals surface area contributed by atoms with Crippen molar-refractivity contribution in [3.05, 3.63) is 96.6 Å². The Balaban J connectivity index is 1.28. The SMILES string of the molecule is CCOc1cc(/C=N\NC(=O)COc2ccc3ccccc3c2)ccc1OCC(=O)Nc1ccccc1. The Hall–Kier alpha value is -4.85. The minimum absolute atomic E-state index is 0.169. The molecule has 2 amide bonds. The standard InChI is InChI=1S/C29H27N3O5/c1-2-35-27-16-21(12-15-26(27)37-19-28(33)31-24-10-4-3-5-11-24)18-30-32-29(34)20-36-25-14-13-22-8-6-7-9-23(22)17-25/h3-18H,2,19-20H2,1H3,(H,31,33)(H,32,34)/b30-18-. The van der Waals surface area contributed by atoms with Crippen molar-refractivity contribution in [1.82, 2.24) is 5.43 Å². The second kappa shape index (κ2) is 12.7. The number of nitrogens with zero attached hydrogens (tertiary/aromatic N) is 1. The van der Waals surface area contributed by atoms with Crippen molar-refractivity contribution < 1.29 is 23.8 Å². The van der Waals surface area contributed by atoms with Gasteiger partial charge < -0.3 is 19.5 Å². The van der Waals surface area contributed by atoms with Crippen LogP contribution in [-0.2, 0) is 9.59 Å². The number of hydrogen-bond acceptors (Lipinski definition) is 6. The van der Waals surface area contributed by atoms with E-state index in [-0.39, 0.29) is 25.0 Å². The number of hydrogen-bond donors (Lipinski definition) is 2. The molecule has 0 unspecified atom stereocenters. The number of fused-ring (bicyclic) bond motifs is 1. The fourth-order valence-electron chi connectivity index (χ4n) is 3.47. The van der Waals surface area contributed by atoms with Crippen LogP contribution in [0.2, 0.25) is 0 Å². The van der Waals surface area contributed by atoms with Gasteiger partial charge in [0.05, 0.1) is 12.8 Å². The summed E-state index contributed by atoms with van der Waals surface area (Å²) in [6, 6.07) is 27.9. The van der Waals surface area contributed by atoms with Gasteiger partial charge in [-0.2, -0.15) is 5.10 Å². The number of para-hydroxylation sites is 1. The number of hydrazone groups is 1. The largest absolute Gasteiger partial charge is 0.490 e. The van der Waals surface area contributed by atoms with E-state index >= 15 is 0 Å². The Bertz CT molecular complexity index is 1390. The Labute approximate surface area is 214 Å². The van der Waals surface area contributed by atoms with Gasteiger partial charge in [0.25, 0.3) is 11.8 Å². The highest BCUT2D eigenvalue weighted by Crippen LogP contribution is 2.28. The fourth-order valence-corrected chi connectivity index (χ4v) is 3.47. The van der Waals surface area contributed by atoms with Crippen molar-refractivity contribution in [3.8, 4) is 17.2 Å². The predicted molar refractivity (Wildman–Crippen MR) is 143 cm³/mol. The molecule has 4 aromatic rings. The maximum atomic E-state index is 12.2. The van der Waals surface area contributed by atoms with Crippen LogP contribution in [0.4, 0.5) is 5.69 Å². The highest BCUT2D eigenvalue weighted by atomic mass is 16.5. The zero-order valence-corrected chi connectivity index (χ0v) is 20.3. The average Bonchev–Trinajstić information content (AvgIpc) is 2.92. The number of nitrogens with one attached hydrogen (secondary N) is 2. The second-order valence-electron chi connectivity index (χ2n) is 7.93. The van der Waals surface area contributed by atoms with E-state index in [1.54, 1.807) is 30.3 Å². The summed E-state index contributed by atoms with van der Waals surface area (Å²) in [7, 11) is 0. The third-order valence-electron chi connectivity index (χ3n) is 5.18. The van der Waals surface area contributed by atoms with Crippen LogP contribution in [-0.4, -0.2) is 37.8 Å². The van der Waals surface area contributed by atoms with Gasteiger partial charge in [0.15, 0.2) is 24.7 Å². The first-order chi connectivity index (χ1) is 18.1. The smallest absolute Gasteiger partial charge is 0.277 e. The quantitative estimate of drug-likeness (QED) is 0.229. The van der Waals surface area contributed by atoms with E-state index in [1.165, 1.54) is 6.21 Å². The van der Waals surface area contributed by atoms with Crippen molar-refractivity contribution in [2.24, 2.45) is 5.10 Å². The molecule has 0 heterocycles. The molecule has 0 radical (unpaired) electrons. The molecule has 37 heavy (non-hydrogen) atoms. The number of carbonyl (C=O) groups excluding carboxylic acids is 2. The van der Waals surface area contributed by atoms with E-state index in [4.69, 9.17) is 14.2 Å². The maximum Gasteiger partial charge on any atom is 0.277 e. The van der Waals surface area contributed by atoms with Gasteiger partial charge in [-0.1, -0.05) is 48.5 Å². The lowest BCUT2D eigenvalue weighted by Crippen LogP contribution is -2.24. The molecule has 0 saturated heterocycles. The minimum Gasteiger partial charge on any atom is -0.490 e. The molecular formula is C29H27N3O5. The fraction of sp³-hybridized carbons (Fsp3) is 0.138. The van der Waals surface area contributed by atoms with Crippen molar-refractivity contribution in [2.75, 3.05) is 25.1 Å². The van der Waals surface area contributed by atoms with Gasteiger partial charge >= 0.3 is 0 Å². The normalized spacial score (nSPS) is 10.7. The average molecular weight is 498 g/mol. The second-order valence-corrected chi connectivity index (χ2v) is 7.93. The Morgan fingerprint density at radius 1 is 0.757 bits per heavy atom. The number of amides is 2. The topological polar surface area (TPSA) is 98.2 Å². The highest BCUT2D eigenvalue weighted by Gasteiger charge is 2.10. The van der Waals surface area contributed by atoms with Gasteiger partial charge in [0.1, 0.15) is 5.75 Å². The summed E-state index contributed by atoms with van der Waals surface area (Å²) in [6.45, 7) is 1.92. The third-order valence-corrected chi connectivity index (χ3v) is 5.18. The summed E-state index contributed by atoms with van der Waals surface area (Å²) < 4.78 is 16.9. The van der Waals surface area contributed by atoms with Crippen molar-refractivity contribution in [2.45, 2.75) is 6.92 Å². The third kappa shape index (κ3) is 7.57. The number of carbonyl (C=O) groups is 2. The first kappa shape index (κ1) is 25.2. The van der Waals surface area contributed by atoms with Crippen molar-refractivity contribution in [3.63, 3.8) is 0 Å². The lowest BCUT2D eigenvalue weighted by molar-refractivity contribution is -0.123. The van der Waals surface area contributed by atoms with E-state index in [1.807, 2.05) is 67.6 Å². The van der Waals surface area contributed by atoms with Crippen LogP contribution < -0.4 is 25.0 Å². The van der Waals surface area contributed by atoms with Gasteiger partial charge in [-0.15, -0.1) is 0 Å². The van der Waals surface area contributed by atoms with Crippen molar-refractivity contribution >= 4 is 34.5 Å². The lowest BCUT2D eigenvalue weighted by atomic mass is 10.1. The maximum absolute atomic E-state index is 12.2. The molecule has 0 fully saturated rings. The van der Waals surface area contributed by atoms with E-state index in [2.05, 4.69) is 15.8 Å². The zero-order chi connectivity index (χ0) is 25.9. The molecule has 0 aliphatic rings. The van der Waals surface area contributed by atoms with Gasteiger partial charge in [-0.05, 0) is 65.7 Å². The summed E-state index contributed by atoms with van der Waals surface area (Å²) >= 11 is 0. The van der Waals surface area contributed by atoms with Gasteiger partial charge in [0.2, 0.25) is 0 Å². The molecule has 0 spiro atoms. The summed E-state index contributed by atoms with van der Waals surface area (Å²) in [5.74, 6) is 0.818. The summed E-state index contributed by atoms with van der Waals surface area (Å²) in [6.07, 6.45) is 1.49. The van der Waals surface area contributed by atoms with E-state index in [0.717, 1.165) is 10.8 Å². The molecule has 0 saturated carbocycles. The Morgan fingerprint density at radius 3 is 2.32 bits per heavy atom. The summed E-state index contributed by atoms with van der Waals surface area (Å²) in [5, 5.41) is 8.89. The lowest BCUT2D eigenvalue weighted by Gasteiger charge is -2.12. The van der Waals surface area contributed by atoms with Crippen molar-refractivity contribution in [1.29, 1.82) is 0 Å². The first-order valence-electron chi connectivity index (χ1n) is 11.8. The molecular weight excluding hydrogens is 470 g/mol. The number of anilines is 1. The molecule has 8 nitrogen and oxygen atoms in total. The van der Waals surface area contributed by atoms with Crippen LogP contribution in [0.15, 0.2) is 96.1 Å². The number of rotatable bonds is 11. The first-order valence-corrected chi connectivity index (χ1v) is 11.8. The van der Waals surface area contributed by atoms with Crippen LogP contribution >= 0.6 is 0 Å². The van der Waals surface area contributed by atoms with Gasteiger partial charge in [0, 0.05) is 5.69 Å². The molecule has 0 aromatic heterocycles. The summed E-state index contributed by atoms with van der Waals surface area (Å²) in [4.78, 5) is 24.3. The van der Waals surface area contributed by atoms with E-state index in [9.17, 15) is 9.59 Å². The van der Waals surface area contributed by atoms with Gasteiger partial charge in [-0.25, -0.2) is 5.43 Å². The molecule has 2 N–H and O–H groups in total. The van der Waals surface area contributed by atoms with Crippen LogP contribution in [0.3, 0.4) is 0 Å². The predicted octanol–water partition coefficient (Wildman–Crippen LogP) is 4.79. The zero-order valence-electron chi connectivity index (χ0n) is 20.3. The van der Waals surface area contributed by atoms with Crippen LogP contribution in [0.25, 0.3) is 10.8 Å². The molecule has 0 aliphatic carbocycles. The van der Waals surface area contributed by atoms with Crippen LogP contribution in [0.1, 0.15) is 12.5 Å². The molecule has 0 aliphatic heterocycles. The minimum atomic E-state index is -0.390. The molecule has 0 bridgehead atoms. The van der Waals surface area contributed by atoms with E-state index in [0.29, 0.717) is 35.1 Å². The molecule has 188 valence electrons. The van der Waals surface area contributed by atoms with E-state index < -0.39 is 0 Å². The Kier molecular flexibility index (Phi) is 8.69. The molecule has 4 rings (SSSR count). The Morgan fingerprint density at radius 2 is 1.51 bits per heavy atom. The molecule has 8 heteroatoms. The molecule has 0 atom stereocenters. The number of ether oxygens (including phenoxy) is 3. The van der Waals surface area contributed by atoms with Crippen LogP contribution in [0, 0.1) is 0 Å². The highest BCUT2D eigenvalue weighted by molar-refractivity contribution is 5.92. The van der Waals surface area contributed by atoms with Crippen LogP contribution in [0.5, 0.6) is 17.2 Å². The molecule has 4 aromatic carbocycles. The van der Waals surface area contributed by atoms with Gasteiger partial charge in [-0.3, -0.25) is 9.59 Å².